The van der Waals surface area contributed by atoms with E-state index in [4.69, 9.17) is 28.9 Å². The van der Waals surface area contributed by atoms with Gasteiger partial charge < -0.3 is 5.73 Å². The second-order valence-corrected chi connectivity index (χ2v) is 5.92. The molecule has 0 saturated carbocycles. The van der Waals surface area contributed by atoms with E-state index in [0.29, 0.717) is 17.0 Å². The highest BCUT2D eigenvalue weighted by Gasteiger charge is 2.15. The van der Waals surface area contributed by atoms with E-state index in [1.54, 1.807) is 18.2 Å². The van der Waals surface area contributed by atoms with Crippen LogP contribution in [0, 0.1) is 5.82 Å². The third-order valence-corrected chi connectivity index (χ3v) is 3.97. The summed E-state index contributed by atoms with van der Waals surface area (Å²) in [6.45, 7) is 0. The van der Waals surface area contributed by atoms with Gasteiger partial charge in [0.25, 0.3) is 0 Å². The molecule has 0 aromatic heterocycles. The first-order valence-electron chi connectivity index (χ1n) is 5.62. The Hall–Kier alpha value is -0.610. The molecule has 2 aromatic rings. The molecule has 0 fully saturated rings. The Labute approximate surface area is 129 Å². The van der Waals surface area contributed by atoms with Crippen molar-refractivity contribution in [2.45, 2.75) is 12.5 Å². The van der Waals surface area contributed by atoms with Crippen LogP contribution in [-0.2, 0) is 6.42 Å². The van der Waals surface area contributed by atoms with Crippen LogP contribution in [0.25, 0.3) is 0 Å². The Morgan fingerprint density at radius 3 is 2.58 bits per heavy atom. The second-order valence-electron chi connectivity index (χ2n) is 4.19. The van der Waals surface area contributed by atoms with Crippen molar-refractivity contribution < 1.29 is 4.39 Å². The van der Waals surface area contributed by atoms with Gasteiger partial charge in [-0.1, -0.05) is 57.3 Å². The smallest absolute Gasteiger partial charge is 0.146 e. The Balaban J connectivity index is 2.25. The molecule has 0 aliphatic rings. The van der Waals surface area contributed by atoms with E-state index in [0.717, 1.165) is 10.0 Å². The van der Waals surface area contributed by atoms with Gasteiger partial charge in [0.05, 0.1) is 5.02 Å². The fourth-order valence-electron chi connectivity index (χ4n) is 1.84. The molecule has 100 valence electrons. The summed E-state index contributed by atoms with van der Waals surface area (Å²) in [5, 5.41) is 0.683. The van der Waals surface area contributed by atoms with Gasteiger partial charge in [0.15, 0.2) is 0 Å². The molecule has 0 radical (unpaired) electrons. The molecule has 2 N–H and O–H groups in total. The van der Waals surface area contributed by atoms with E-state index in [1.165, 1.54) is 6.07 Å². The van der Waals surface area contributed by atoms with Crippen LogP contribution in [0.3, 0.4) is 0 Å². The lowest BCUT2D eigenvalue weighted by atomic mass is 9.99. The molecular weight excluding hydrogens is 352 g/mol. The molecule has 2 aromatic carbocycles. The lowest BCUT2D eigenvalue weighted by Crippen LogP contribution is -2.15. The zero-order chi connectivity index (χ0) is 14.0. The summed E-state index contributed by atoms with van der Waals surface area (Å²) < 4.78 is 14.8. The lowest BCUT2D eigenvalue weighted by Gasteiger charge is -2.14. The van der Waals surface area contributed by atoms with E-state index in [-0.39, 0.29) is 5.02 Å². The predicted octanol–water partition coefficient (Wildman–Crippen LogP) is 5.14. The third-order valence-electron chi connectivity index (χ3n) is 2.84. The summed E-state index contributed by atoms with van der Waals surface area (Å²) in [5.41, 5.74) is 7.30. The van der Waals surface area contributed by atoms with Crippen LogP contribution in [0.5, 0.6) is 0 Å². The molecular formula is C14H11BrCl2FN. The molecule has 19 heavy (non-hydrogen) atoms. The summed E-state index contributed by atoms with van der Waals surface area (Å²) in [4.78, 5) is 0. The van der Waals surface area contributed by atoms with E-state index >= 15 is 0 Å². The van der Waals surface area contributed by atoms with Crippen LogP contribution < -0.4 is 5.73 Å². The minimum atomic E-state index is -0.489. The van der Waals surface area contributed by atoms with Crippen LogP contribution in [0.1, 0.15) is 17.2 Å². The second kappa shape index (κ2) is 6.23. The fraction of sp³-hybridized carbons (Fsp3) is 0.143. The maximum absolute atomic E-state index is 13.9. The third kappa shape index (κ3) is 3.48. The SMILES string of the molecule is NC(Cc1ccc(Br)cc1Cl)c1cccc(Cl)c1F. The van der Waals surface area contributed by atoms with Crippen molar-refractivity contribution in [1.29, 1.82) is 0 Å². The monoisotopic (exact) mass is 361 g/mol. The molecule has 0 spiro atoms. The van der Waals surface area contributed by atoms with Crippen molar-refractivity contribution in [2.24, 2.45) is 5.73 Å². The van der Waals surface area contributed by atoms with Gasteiger partial charge in [-0.05, 0) is 30.2 Å². The predicted molar refractivity (Wildman–Crippen MR) is 81.2 cm³/mol. The maximum Gasteiger partial charge on any atom is 0.146 e. The Kier molecular flexibility index (Phi) is 4.85. The molecule has 1 nitrogen and oxygen atoms in total. The van der Waals surface area contributed by atoms with Crippen molar-refractivity contribution in [3.05, 3.63) is 67.9 Å². The fourth-order valence-corrected chi connectivity index (χ4v) is 2.77. The lowest BCUT2D eigenvalue weighted by molar-refractivity contribution is 0.581. The van der Waals surface area contributed by atoms with Crippen molar-refractivity contribution in [3.63, 3.8) is 0 Å². The average molecular weight is 363 g/mol. The van der Waals surface area contributed by atoms with Crippen LogP contribution in [-0.4, -0.2) is 0 Å². The molecule has 2 rings (SSSR count). The zero-order valence-electron chi connectivity index (χ0n) is 9.84. The molecule has 0 aliphatic heterocycles. The molecule has 1 unspecified atom stereocenters. The number of halogens is 4. The molecule has 1 atom stereocenters. The quantitative estimate of drug-likeness (QED) is 0.803. The number of hydrogen-bond donors (Lipinski definition) is 1. The van der Waals surface area contributed by atoms with E-state index in [2.05, 4.69) is 15.9 Å². The topological polar surface area (TPSA) is 26.0 Å². The van der Waals surface area contributed by atoms with E-state index < -0.39 is 11.9 Å². The molecule has 0 bridgehead atoms. The number of nitrogens with two attached hydrogens (primary N) is 1. The van der Waals surface area contributed by atoms with Gasteiger partial charge in [-0.3, -0.25) is 0 Å². The Bertz CT molecular complexity index is 604. The summed E-state index contributed by atoms with van der Waals surface area (Å²) >= 11 is 15.2. The first-order valence-corrected chi connectivity index (χ1v) is 7.17. The van der Waals surface area contributed by atoms with Gasteiger partial charge in [-0.2, -0.15) is 0 Å². The first kappa shape index (κ1) is 14.8. The van der Waals surface area contributed by atoms with Gasteiger partial charge in [-0.15, -0.1) is 0 Å². The highest BCUT2D eigenvalue weighted by molar-refractivity contribution is 9.10. The first-order chi connectivity index (χ1) is 8.99. The Morgan fingerprint density at radius 1 is 1.16 bits per heavy atom. The van der Waals surface area contributed by atoms with Gasteiger partial charge in [0, 0.05) is 21.1 Å². The molecule has 5 heteroatoms. The van der Waals surface area contributed by atoms with Crippen LogP contribution in [0.4, 0.5) is 4.39 Å². The summed E-state index contributed by atoms with van der Waals surface area (Å²) in [6.07, 6.45) is 0.448. The van der Waals surface area contributed by atoms with Crippen molar-refractivity contribution in [2.75, 3.05) is 0 Å². The van der Waals surface area contributed by atoms with Crippen molar-refractivity contribution in [1.82, 2.24) is 0 Å². The number of rotatable bonds is 3. The molecule has 0 saturated heterocycles. The van der Waals surface area contributed by atoms with E-state index in [1.807, 2.05) is 12.1 Å². The van der Waals surface area contributed by atoms with E-state index in [9.17, 15) is 4.39 Å². The Morgan fingerprint density at radius 2 is 1.89 bits per heavy atom. The van der Waals surface area contributed by atoms with Crippen LogP contribution >= 0.6 is 39.1 Å². The average Bonchev–Trinajstić information content (AvgIpc) is 2.36. The molecule has 0 aliphatic carbocycles. The number of hydrogen-bond acceptors (Lipinski definition) is 1. The summed E-state index contributed by atoms with van der Waals surface area (Å²) in [6, 6.07) is 9.87. The van der Waals surface area contributed by atoms with Crippen LogP contribution in [0.2, 0.25) is 10.0 Å². The van der Waals surface area contributed by atoms with Gasteiger partial charge in [0.1, 0.15) is 5.82 Å². The summed E-state index contributed by atoms with van der Waals surface area (Å²) in [7, 11) is 0. The van der Waals surface area contributed by atoms with Crippen LogP contribution in [0.15, 0.2) is 40.9 Å². The van der Waals surface area contributed by atoms with Crippen molar-refractivity contribution in [3.8, 4) is 0 Å². The number of benzene rings is 2. The van der Waals surface area contributed by atoms with Gasteiger partial charge in [-0.25, -0.2) is 4.39 Å². The minimum Gasteiger partial charge on any atom is -0.324 e. The zero-order valence-corrected chi connectivity index (χ0v) is 12.9. The highest BCUT2D eigenvalue weighted by Crippen LogP contribution is 2.28. The molecule has 0 amide bonds. The maximum atomic E-state index is 13.9. The minimum absolute atomic E-state index is 0.0786. The van der Waals surface area contributed by atoms with Crippen molar-refractivity contribution >= 4 is 39.1 Å². The van der Waals surface area contributed by atoms with Gasteiger partial charge in [0.2, 0.25) is 0 Å². The summed E-state index contributed by atoms with van der Waals surface area (Å²) in [5.74, 6) is -0.468. The van der Waals surface area contributed by atoms with Gasteiger partial charge >= 0.3 is 0 Å². The molecule has 0 heterocycles. The normalized spacial score (nSPS) is 12.5. The standard InChI is InChI=1S/C14H11BrCl2FN/c15-9-5-4-8(12(17)7-9)6-13(19)10-2-1-3-11(16)14(10)18/h1-5,7,13H,6,19H2. The highest BCUT2D eigenvalue weighted by atomic mass is 79.9. The largest absolute Gasteiger partial charge is 0.324 e.